The third-order valence-corrected chi connectivity index (χ3v) is 3.66. The van der Waals surface area contributed by atoms with E-state index in [1.54, 1.807) is 0 Å². The largest absolute Gasteiger partial charge is 0.469 e. The molecule has 0 aliphatic carbocycles. The lowest BCUT2D eigenvalue weighted by atomic mass is 9.92. The zero-order chi connectivity index (χ0) is 19.5. The molecular formula is C17H15F3N2O4. The molecule has 0 radical (unpaired) electrons. The van der Waals surface area contributed by atoms with Gasteiger partial charge in [0.2, 0.25) is 0 Å². The van der Waals surface area contributed by atoms with Crippen molar-refractivity contribution in [3.8, 4) is 0 Å². The van der Waals surface area contributed by atoms with Crippen LogP contribution in [-0.4, -0.2) is 28.8 Å². The first-order chi connectivity index (χ1) is 12.1. The van der Waals surface area contributed by atoms with E-state index in [9.17, 15) is 27.6 Å². The van der Waals surface area contributed by atoms with Crippen molar-refractivity contribution in [3.05, 3.63) is 63.3 Å². The second-order valence-electron chi connectivity index (χ2n) is 5.54. The highest BCUT2D eigenvalue weighted by Gasteiger charge is 2.31. The Hall–Kier alpha value is -2.97. The minimum atomic E-state index is -4.51. The summed E-state index contributed by atoms with van der Waals surface area (Å²) >= 11 is 0. The second-order valence-corrected chi connectivity index (χ2v) is 5.54. The minimum absolute atomic E-state index is 0.132. The van der Waals surface area contributed by atoms with E-state index in [2.05, 4.69) is 14.7 Å². The van der Waals surface area contributed by atoms with Crippen LogP contribution >= 0.6 is 0 Å². The van der Waals surface area contributed by atoms with E-state index in [1.165, 1.54) is 6.92 Å². The summed E-state index contributed by atoms with van der Waals surface area (Å²) in [6.45, 7) is 1.49. The van der Waals surface area contributed by atoms with E-state index in [0.717, 1.165) is 37.4 Å². The highest BCUT2D eigenvalue weighted by Crippen LogP contribution is 2.31. The zero-order valence-electron chi connectivity index (χ0n) is 13.9. The number of aromatic amines is 1. The number of ether oxygens (including phenoxy) is 1. The molecule has 1 unspecified atom stereocenters. The number of hydrogen-bond donors (Lipinski definition) is 1. The first-order valence-electron chi connectivity index (χ1n) is 7.48. The molecule has 0 fully saturated rings. The van der Waals surface area contributed by atoms with E-state index in [4.69, 9.17) is 0 Å². The number of methoxy groups -OCH3 is 1. The van der Waals surface area contributed by atoms with Crippen molar-refractivity contribution >= 4 is 11.8 Å². The number of nitrogens with one attached hydrogen (secondary N) is 1. The third-order valence-electron chi connectivity index (χ3n) is 3.66. The van der Waals surface area contributed by atoms with Crippen molar-refractivity contribution in [2.45, 2.75) is 25.4 Å². The molecule has 0 saturated carbocycles. The van der Waals surface area contributed by atoms with Gasteiger partial charge in [-0.25, -0.2) is 4.98 Å². The van der Waals surface area contributed by atoms with E-state index in [1.807, 2.05) is 0 Å². The Morgan fingerprint density at radius 1 is 1.23 bits per heavy atom. The lowest BCUT2D eigenvalue weighted by Gasteiger charge is -2.15. The number of Topliss-reactive ketones (excluding diaryl/α,β-unsaturated/α-hetero) is 1. The summed E-state index contributed by atoms with van der Waals surface area (Å²) in [7, 11) is 1.11. The van der Waals surface area contributed by atoms with Crippen molar-refractivity contribution in [3.63, 3.8) is 0 Å². The molecule has 1 heterocycles. The lowest BCUT2D eigenvalue weighted by molar-refractivity contribution is -0.142. The van der Waals surface area contributed by atoms with Gasteiger partial charge in [-0.2, -0.15) is 13.2 Å². The molecule has 0 saturated heterocycles. The van der Waals surface area contributed by atoms with Crippen LogP contribution in [-0.2, 0) is 15.7 Å². The van der Waals surface area contributed by atoms with Crippen molar-refractivity contribution in [1.82, 2.24) is 9.97 Å². The molecule has 2 rings (SSSR count). The van der Waals surface area contributed by atoms with Crippen LogP contribution in [0.1, 0.15) is 39.8 Å². The molecule has 0 amide bonds. The van der Waals surface area contributed by atoms with Crippen LogP contribution in [0.3, 0.4) is 0 Å². The predicted molar refractivity (Wildman–Crippen MR) is 84.7 cm³/mol. The van der Waals surface area contributed by atoms with Crippen LogP contribution in [0.2, 0.25) is 0 Å². The van der Waals surface area contributed by atoms with Crippen molar-refractivity contribution in [1.29, 1.82) is 0 Å². The molecule has 2 aromatic rings. The number of halogens is 3. The van der Waals surface area contributed by atoms with Gasteiger partial charge in [-0.15, -0.1) is 0 Å². The van der Waals surface area contributed by atoms with Gasteiger partial charge in [0.25, 0.3) is 5.56 Å². The number of rotatable bonds is 5. The van der Waals surface area contributed by atoms with E-state index >= 15 is 0 Å². The van der Waals surface area contributed by atoms with Crippen molar-refractivity contribution < 1.29 is 27.5 Å². The molecule has 1 N–H and O–H groups in total. The van der Waals surface area contributed by atoms with Crippen LogP contribution in [0, 0.1) is 6.92 Å². The SMILES string of the molecule is COC(=O)C(CC(=O)c1cc(=O)[nH]c(C)n1)c1ccc(C(F)(F)F)cc1. The van der Waals surface area contributed by atoms with Gasteiger partial charge in [-0.1, -0.05) is 12.1 Å². The Balaban J connectivity index is 2.32. The molecule has 26 heavy (non-hydrogen) atoms. The summed E-state index contributed by atoms with van der Waals surface area (Å²) in [4.78, 5) is 42.1. The van der Waals surface area contributed by atoms with Crippen LogP contribution in [0.4, 0.5) is 13.2 Å². The Labute approximate surface area is 146 Å². The van der Waals surface area contributed by atoms with Crippen molar-refractivity contribution in [2.24, 2.45) is 0 Å². The highest BCUT2D eigenvalue weighted by molar-refractivity contribution is 5.97. The van der Waals surface area contributed by atoms with Crippen LogP contribution in [0.15, 0.2) is 35.1 Å². The number of ketones is 1. The fraction of sp³-hybridized carbons (Fsp3) is 0.294. The van der Waals surface area contributed by atoms with Crippen LogP contribution in [0.5, 0.6) is 0 Å². The second kappa shape index (κ2) is 7.51. The number of H-pyrrole nitrogens is 1. The van der Waals surface area contributed by atoms with Crippen LogP contribution in [0.25, 0.3) is 0 Å². The number of carbonyl (C=O) groups excluding carboxylic acids is 2. The maximum absolute atomic E-state index is 12.7. The number of hydrogen-bond acceptors (Lipinski definition) is 5. The van der Waals surface area contributed by atoms with Gasteiger partial charge in [-0.05, 0) is 24.6 Å². The summed E-state index contributed by atoms with van der Waals surface area (Å²) in [5, 5.41) is 0. The van der Waals surface area contributed by atoms with Gasteiger partial charge in [0.15, 0.2) is 5.78 Å². The number of carbonyl (C=O) groups is 2. The topological polar surface area (TPSA) is 89.1 Å². The Morgan fingerprint density at radius 2 is 1.85 bits per heavy atom. The van der Waals surface area contributed by atoms with Gasteiger partial charge in [0.05, 0.1) is 18.6 Å². The number of esters is 1. The van der Waals surface area contributed by atoms with Crippen LogP contribution < -0.4 is 5.56 Å². The van der Waals surface area contributed by atoms with E-state index in [-0.39, 0.29) is 17.1 Å². The zero-order valence-corrected chi connectivity index (χ0v) is 13.9. The first-order valence-corrected chi connectivity index (χ1v) is 7.48. The summed E-state index contributed by atoms with van der Waals surface area (Å²) in [6, 6.07) is 4.88. The van der Waals surface area contributed by atoms with Gasteiger partial charge in [0.1, 0.15) is 11.5 Å². The number of aryl methyl sites for hydroxylation is 1. The number of benzene rings is 1. The standard InChI is InChI=1S/C17H15F3N2O4/c1-9-21-13(8-15(24)22-9)14(23)7-12(16(25)26-2)10-3-5-11(6-4-10)17(18,19)20/h3-6,8,12H,7H2,1-2H3,(H,21,22,24). The normalized spacial score (nSPS) is 12.5. The summed E-state index contributed by atoms with van der Waals surface area (Å²) < 4.78 is 42.6. The number of alkyl halides is 3. The molecule has 138 valence electrons. The molecule has 6 nitrogen and oxygen atoms in total. The quantitative estimate of drug-likeness (QED) is 0.647. The molecule has 0 aliphatic rings. The Morgan fingerprint density at radius 3 is 2.35 bits per heavy atom. The maximum atomic E-state index is 12.7. The Kier molecular flexibility index (Phi) is 5.59. The fourth-order valence-corrected chi connectivity index (χ4v) is 2.40. The minimum Gasteiger partial charge on any atom is -0.469 e. The average Bonchev–Trinajstić information content (AvgIpc) is 2.57. The maximum Gasteiger partial charge on any atom is 0.416 e. The fourth-order valence-electron chi connectivity index (χ4n) is 2.40. The smallest absolute Gasteiger partial charge is 0.416 e. The molecule has 0 aliphatic heterocycles. The highest BCUT2D eigenvalue weighted by atomic mass is 19.4. The summed E-state index contributed by atoms with van der Waals surface area (Å²) in [5.41, 5.74) is -1.33. The number of aromatic nitrogens is 2. The molecule has 1 aromatic carbocycles. The Bertz CT molecular complexity index is 873. The molecule has 9 heteroatoms. The van der Waals surface area contributed by atoms with Gasteiger partial charge in [-0.3, -0.25) is 14.4 Å². The van der Waals surface area contributed by atoms with Gasteiger partial charge in [0, 0.05) is 12.5 Å². The first kappa shape index (κ1) is 19.4. The van der Waals surface area contributed by atoms with E-state index in [0.29, 0.717) is 0 Å². The van der Waals surface area contributed by atoms with Gasteiger partial charge >= 0.3 is 12.1 Å². The molecule has 1 atom stereocenters. The summed E-state index contributed by atoms with van der Waals surface area (Å²) in [6.07, 6.45) is -4.91. The molecule has 1 aromatic heterocycles. The molecular weight excluding hydrogens is 353 g/mol. The monoisotopic (exact) mass is 368 g/mol. The van der Waals surface area contributed by atoms with E-state index < -0.39 is 41.4 Å². The average molecular weight is 368 g/mol. The third kappa shape index (κ3) is 4.56. The predicted octanol–water partition coefficient (Wildman–Crippen LogP) is 2.63. The summed E-state index contributed by atoms with van der Waals surface area (Å²) in [5.74, 6) is -2.27. The van der Waals surface area contributed by atoms with Crippen molar-refractivity contribution in [2.75, 3.05) is 7.11 Å². The lowest BCUT2D eigenvalue weighted by Crippen LogP contribution is -2.21. The number of nitrogens with zero attached hydrogens (tertiary/aromatic N) is 1. The molecule has 0 spiro atoms. The van der Waals surface area contributed by atoms with Gasteiger partial charge < -0.3 is 9.72 Å². The molecule has 0 bridgehead atoms.